The fourth-order valence-corrected chi connectivity index (χ4v) is 3.64. The summed E-state index contributed by atoms with van der Waals surface area (Å²) in [4.78, 5) is 24.6. The topological polar surface area (TPSA) is 96.5 Å². The Kier molecular flexibility index (Phi) is 4.72. The highest BCUT2D eigenvalue weighted by Crippen LogP contribution is 2.26. The number of aromatic amines is 1. The zero-order valence-electron chi connectivity index (χ0n) is 14.9. The molecule has 0 spiro atoms. The molecule has 4 aromatic rings. The van der Waals surface area contributed by atoms with Crippen molar-refractivity contribution >= 4 is 45.6 Å². The molecule has 7 nitrogen and oxygen atoms in total. The Labute approximate surface area is 160 Å². The highest BCUT2D eigenvalue weighted by Gasteiger charge is 2.21. The number of hydrogen-bond acceptors (Lipinski definition) is 6. The number of pyridine rings is 1. The van der Waals surface area contributed by atoms with Gasteiger partial charge in [0.15, 0.2) is 5.65 Å². The maximum Gasteiger partial charge on any atom is 0.239 e. The number of aromatic nitrogens is 5. The number of thioether (sulfide) groups is 1. The molecule has 0 saturated carbocycles. The summed E-state index contributed by atoms with van der Waals surface area (Å²) in [6, 6.07) is 11.6. The second-order valence-electron chi connectivity index (χ2n) is 6.18. The van der Waals surface area contributed by atoms with Crippen molar-refractivity contribution in [1.82, 2.24) is 25.1 Å². The van der Waals surface area contributed by atoms with E-state index in [0.29, 0.717) is 23.0 Å². The van der Waals surface area contributed by atoms with E-state index in [9.17, 15) is 4.79 Å². The molecule has 1 unspecified atom stereocenters. The number of carbonyl (C=O) groups excluding carboxylic acids is 1. The molecule has 8 heteroatoms. The van der Waals surface area contributed by atoms with Crippen molar-refractivity contribution in [2.45, 2.75) is 30.7 Å². The minimum absolute atomic E-state index is 0.124. The number of fused-ring (bicyclic) bond motifs is 3. The maximum absolute atomic E-state index is 12.6. The molecule has 1 amide bonds. The van der Waals surface area contributed by atoms with Gasteiger partial charge in [-0.2, -0.15) is 0 Å². The lowest BCUT2D eigenvalue weighted by Crippen LogP contribution is -2.25. The summed E-state index contributed by atoms with van der Waals surface area (Å²) in [5.74, 6) is 0.421. The zero-order chi connectivity index (χ0) is 18.8. The van der Waals surface area contributed by atoms with E-state index in [4.69, 9.17) is 0 Å². The van der Waals surface area contributed by atoms with Crippen molar-refractivity contribution in [3.8, 4) is 0 Å². The van der Waals surface area contributed by atoms with Crippen LogP contribution in [0.2, 0.25) is 0 Å². The summed E-state index contributed by atoms with van der Waals surface area (Å²) < 4.78 is 0. The van der Waals surface area contributed by atoms with E-state index in [2.05, 4.69) is 30.5 Å². The van der Waals surface area contributed by atoms with Gasteiger partial charge in [0.05, 0.1) is 5.25 Å². The first kappa shape index (κ1) is 17.4. The van der Waals surface area contributed by atoms with Crippen molar-refractivity contribution in [3.63, 3.8) is 0 Å². The number of carbonyl (C=O) groups is 1. The van der Waals surface area contributed by atoms with Gasteiger partial charge in [0.2, 0.25) is 11.1 Å². The average Bonchev–Trinajstić information content (AvgIpc) is 3.03. The number of amides is 1. The van der Waals surface area contributed by atoms with Crippen LogP contribution in [0.25, 0.3) is 22.1 Å². The quantitative estimate of drug-likeness (QED) is 0.514. The lowest BCUT2D eigenvalue weighted by molar-refractivity contribution is -0.115. The molecule has 3 aromatic heterocycles. The van der Waals surface area contributed by atoms with Gasteiger partial charge in [-0.1, -0.05) is 36.9 Å². The number of H-pyrrole nitrogens is 1. The first-order chi connectivity index (χ1) is 13.1. The molecule has 4 rings (SSSR count). The van der Waals surface area contributed by atoms with E-state index in [1.807, 2.05) is 50.2 Å². The Morgan fingerprint density at radius 3 is 2.93 bits per heavy atom. The van der Waals surface area contributed by atoms with Crippen LogP contribution in [-0.2, 0) is 4.79 Å². The Morgan fingerprint density at radius 1 is 1.26 bits per heavy atom. The summed E-state index contributed by atoms with van der Waals surface area (Å²) in [6.07, 6.45) is 2.31. The van der Waals surface area contributed by atoms with E-state index >= 15 is 0 Å². The zero-order valence-corrected chi connectivity index (χ0v) is 15.7. The second kappa shape index (κ2) is 7.32. The SMILES string of the molecule is CCC(Sc1nnc2c(n1)[nH]c1ccccc12)C(=O)Nc1cc(C)ccn1. The normalized spacial score (nSPS) is 12.4. The van der Waals surface area contributed by atoms with Crippen LogP contribution in [-0.4, -0.2) is 36.3 Å². The number of para-hydroxylation sites is 1. The van der Waals surface area contributed by atoms with Crippen LogP contribution in [0, 0.1) is 6.92 Å². The highest BCUT2D eigenvalue weighted by molar-refractivity contribution is 8.00. The number of benzene rings is 1. The van der Waals surface area contributed by atoms with Gasteiger partial charge in [0.25, 0.3) is 0 Å². The predicted octanol–water partition coefficient (Wildman–Crippen LogP) is 3.72. The number of aryl methyl sites for hydroxylation is 1. The molecule has 0 aliphatic carbocycles. The van der Waals surface area contributed by atoms with E-state index in [0.717, 1.165) is 22.0 Å². The molecule has 0 saturated heterocycles. The second-order valence-corrected chi connectivity index (χ2v) is 7.35. The number of nitrogens with zero attached hydrogens (tertiary/aromatic N) is 4. The monoisotopic (exact) mass is 378 g/mol. The van der Waals surface area contributed by atoms with Gasteiger partial charge in [-0.25, -0.2) is 9.97 Å². The molecule has 1 aromatic carbocycles. The van der Waals surface area contributed by atoms with Crippen LogP contribution < -0.4 is 5.32 Å². The van der Waals surface area contributed by atoms with Crippen molar-refractivity contribution in [2.24, 2.45) is 0 Å². The Balaban J connectivity index is 1.55. The van der Waals surface area contributed by atoms with E-state index in [-0.39, 0.29) is 11.2 Å². The molecule has 1 atom stereocenters. The van der Waals surface area contributed by atoms with Gasteiger partial charge in [-0.3, -0.25) is 4.79 Å². The minimum Gasteiger partial charge on any atom is -0.338 e. The van der Waals surface area contributed by atoms with Crippen molar-refractivity contribution in [1.29, 1.82) is 0 Å². The van der Waals surface area contributed by atoms with Gasteiger partial charge in [-0.15, -0.1) is 10.2 Å². The molecule has 0 bridgehead atoms. The Bertz CT molecular complexity index is 1130. The van der Waals surface area contributed by atoms with Gasteiger partial charge in [0, 0.05) is 17.1 Å². The predicted molar refractivity (Wildman–Crippen MR) is 107 cm³/mol. The highest BCUT2D eigenvalue weighted by atomic mass is 32.2. The third-order valence-electron chi connectivity index (χ3n) is 4.18. The van der Waals surface area contributed by atoms with E-state index in [1.54, 1.807) is 6.20 Å². The minimum atomic E-state index is -0.337. The summed E-state index contributed by atoms with van der Waals surface area (Å²) in [6.45, 7) is 3.91. The Hall–Kier alpha value is -3.00. The summed E-state index contributed by atoms with van der Waals surface area (Å²) >= 11 is 1.30. The lowest BCUT2D eigenvalue weighted by atomic mass is 10.2. The van der Waals surface area contributed by atoms with E-state index < -0.39 is 0 Å². The van der Waals surface area contributed by atoms with Crippen molar-refractivity contribution in [3.05, 3.63) is 48.2 Å². The largest absolute Gasteiger partial charge is 0.338 e. The number of hydrogen-bond donors (Lipinski definition) is 2. The molecule has 3 heterocycles. The molecule has 0 fully saturated rings. The lowest BCUT2D eigenvalue weighted by Gasteiger charge is -2.13. The molecule has 27 heavy (non-hydrogen) atoms. The third kappa shape index (κ3) is 3.61. The van der Waals surface area contributed by atoms with Gasteiger partial charge >= 0.3 is 0 Å². The summed E-state index contributed by atoms with van der Waals surface area (Å²) in [7, 11) is 0. The summed E-state index contributed by atoms with van der Waals surface area (Å²) in [5.41, 5.74) is 3.41. The van der Waals surface area contributed by atoms with Crippen LogP contribution in [0.1, 0.15) is 18.9 Å². The van der Waals surface area contributed by atoms with Gasteiger partial charge in [0.1, 0.15) is 11.3 Å². The van der Waals surface area contributed by atoms with Crippen LogP contribution >= 0.6 is 11.8 Å². The smallest absolute Gasteiger partial charge is 0.239 e. The number of nitrogens with one attached hydrogen (secondary N) is 2. The average molecular weight is 378 g/mol. The standard InChI is InChI=1S/C19H18N6OS/c1-3-14(18(26)22-15-10-11(2)8-9-20-15)27-19-23-17-16(24-25-19)12-6-4-5-7-13(12)21-17/h4-10,14H,3H2,1-2H3,(H,20,22,26)(H,21,23,25). The molecule has 0 radical (unpaired) electrons. The first-order valence-corrected chi connectivity index (χ1v) is 9.53. The van der Waals surface area contributed by atoms with Crippen LogP contribution in [0.4, 0.5) is 5.82 Å². The van der Waals surface area contributed by atoms with Gasteiger partial charge in [-0.05, 0) is 37.1 Å². The fraction of sp³-hybridized carbons (Fsp3) is 0.211. The molecular weight excluding hydrogens is 360 g/mol. The third-order valence-corrected chi connectivity index (χ3v) is 5.40. The van der Waals surface area contributed by atoms with Crippen LogP contribution in [0.5, 0.6) is 0 Å². The summed E-state index contributed by atoms with van der Waals surface area (Å²) in [5, 5.41) is 12.5. The maximum atomic E-state index is 12.6. The van der Waals surface area contributed by atoms with Crippen LogP contribution in [0.15, 0.2) is 47.8 Å². The fourth-order valence-electron chi connectivity index (χ4n) is 2.82. The van der Waals surface area contributed by atoms with Crippen molar-refractivity contribution in [2.75, 3.05) is 5.32 Å². The van der Waals surface area contributed by atoms with Gasteiger partial charge < -0.3 is 10.3 Å². The number of rotatable bonds is 5. The molecular formula is C19H18N6OS. The molecule has 0 aliphatic rings. The van der Waals surface area contributed by atoms with E-state index in [1.165, 1.54) is 11.8 Å². The first-order valence-electron chi connectivity index (χ1n) is 8.65. The molecule has 0 aliphatic heterocycles. The molecule has 136 valence electrons. The number of anilines is 1. The Morgan fingerprint density at radius 2 is 2.11 bits per heavy atom. The van der Waals surface area contributed by atoms with Crippen LogP contribution in [0.3, 0.4) is 0 Å². The molecule has 2 N–H and O–H groups in total. The van der Waals surface area contributed by atoms with Crippen molar-refractivity contribution < 1.29 is 4.79 Å².